The molecule has 0 saturated carbocycles. The molecule has 4 N–H and O–H groups in total. The molecular formula is C12H10FN3O4S. The van der Waals surface area contributed by atoms with Crippen LogP contribution in [0.15, 0.2) is 41.6 Å². The summed E-state index contributed by atoms with van der Waals surface area (Å²) < 4.78 is 35.8. The van der Waals surface area contributed by atoms with Crippen molar-refractivity contribution in [2.45, 2.75) is 4.90 Å². The van der Waals surface area contributed by atoms with Gasteiger partial charge in [-0.05, 0) is 24.3 Å². The fraction of sp³-hybridized carbons (Fsp3) is 0. The fourth-order valence-corrected chi connectivity index (χ4v) is 2.14. The first-order valence-corrected chi connectivity index (χ1v) is 7.10. The monoisotopic (exact) mass is 311 g/mol. The minimum Gasteiger partial charge on any atom is -0.505 e. The van der Waals surface area contributed by atoms with E-state index in [4.69, 9.17) is 5.14 Å². The molecule has 0 fully saturated rings. The fourth-order valence-electron chi connectivity index (χ4n) is 1.58. The number of hydrogen-bond donors (Lipinski definition) is 3. The van der Waals surface area contributed by atoms with Crippen molar-refractivity contribution in [2.24, 2.45) is 5.14 Å². The predicted octanol–water partition coefficient (Wildman–Crippen LogP) is 0.826. The highest BCUT2D eigenvalue weighted by Gasteiger charge is 2.15. The van der Waals surface area contributed by atoms with E-state index in [1.54, 1.807) is 0 Å². The molecule has 9 heteroatoms. The van der Waals surface area contributed by atoms with Crippen LogP contribution >= 0.6 is 0 Å². The van der Waals surface area contributed by atoms with E-state index in [0.29, 0.717) is 0 Å². The average molecular weight is 311 g/mol. The van der Waals surface area contributed by atoms with E-state index in [1.165, 1.54) is 12.3 Å². The number of amides is 1. The summed E-state index contributed by atoms with van der Waals surface area (Å²) in [5, 5.41) is 16.7. The summed E-state index contributed by atoms with van der Waals surface area (Å²) in [4.78, 5) is 15.0. The predicted molar refractivity (Wildman–Crippen MR) is 71.6 cm³/mol. The third-order valence-electron chi connectivity index (χ3n) is 2.50. The second kappa shape index (κ2) is 5.46. The number of anilines is 1. The van der Waals surface area contributed by atoms with E-state index in [0.717, 1.165) is 24.4 Å². The summed E-state index contributed by atoms with van der Waals surface area (Å²) in [5.74, 6) is -1.99. The van der Waals surface area contributed by atoms with Crippen LogP contribution in [0.4, 0.5) is 10.1 Å². The molecule has 1 aromatic carbocycles. The largest absolute Gasteiger partial charge is 0.505 e. The van der Waals surface area contributed by atoms with Crippen LogP contribution in [0, 0.1) is 5.82 Å². The zero-order valence-electron chi connectivity index (χ0n) is 10.4. The van der Waals surface area contributed by atoms with Crippen molar-refractivity contribution in [1.82, 2.24) is 4.98 Å². The van der Waals surface area contributed by atoms with Gasteiger partial charge in [0.1, 0.15) is 11.6 Å². The number of aromatic nitrogens is 1. The number of benzene rings is 1. The Kier molecular flexibility index (Phi) is 3.87. The van der Waals surface area contributed by atoms with Crippen LogP contribution in [0.1, 0.15) is 10.4 Å². The topological polar surface area (TPSA) is 122 Å². The number of carbonyl (C=O) groups is 1. The molecule has 0 unspecified atom stereocenters. The zero-order chi connectivity index (χ0) is 15.6. The van der Waals surface area contributed by atoms with Crippen LogP contribution in [0.25, 0.3) is 0 Å². The Morgan fingerprint density at radius 3 is 2.67 bits per heavy atom. The second-order valence-electron chi connectivity index (χ2n) is 4.07. The molecule has 0 bridgehead atoms. The molecule has 0 saturated heterocycles. The van der Waals surface area contributed by atoms with Crippen LogP contribution in [0.3, 0.4) is 0 Å². The van der Waals surface area contributed by atoms with E-state index in [1.807, 2.05) is 0 Å². The van der Waals surface area contributed by atoms with Crippen LogP contribution in [0.5, 0.6) is 5.75 Å². The van der Waals surface area contributed by atoms with Crippen molar-refractivity contribution in [2.75, 3.05) is 5.32 Å². The number of nitrogens with one attached hydrogen (secondary N) is 1. The third-order valence-corrected chi connectivity index (χ3v) is 3.40. The van der Waals surface area contributed by atoms with Gasteiger partial charge in [0.05, 0.1) is 16.7 Å². The number of nitrogens with zero attached hydrogens (tertiary/aromatic N) is 1. The molecule has 7 nitrogen and oxygen atoms in total. The van der Waals surface area contributed by atoms with Gasteiger partial charge in [0.25, 0.3) is 5.91 Å². The molecule has 0 aliphatic heterocycles. The summed E-state index contributed by atoms with van der Waals surface area (Å²) in [7, 11) is -4.11. The highest BCUT2D eigenvalue weighted by Crippen LogP contribution is 2.20. The molecule has 21 heavy (non-hydrogen) atoms. The molecule has 2 aromatic rings. The van der Waals surface area contributed by atoms with Gasteiger partial charge in [-0.1, -0.05) is 0 Å². The Balaban J connectivity index is 2.34. The summed E-state index contributed by atoms with van der Waals surface area (Å²) in [6, 6.07) is 3.92. The summed E-state index contributed by atoms with van der Waals surface area (Å²) >= 11 is 0. The van der Waals surface area contributed by atoms with E-state index in [2.05, 4.69) is 10.3 Å². The molecule has 1 aromatic heterocycles. The lowest BCUT2D eigenvalue weighted by atomic mass is 10.2. The maximum Gasteiger partial charge on any atom is 0.259 e. The number of halogens is 1. The highest BCUT2D eigenvalue weighted by atomic mass is 32.2. The van der Waals surface area contributed by atoms with Crippen molar-refractivity contribution in [3.05, 3.63) is 48.0 Å². The van der Waals surface area contributed by atoms with Gasteiger partial charge >= 0.3 is 0 Å². The Morgan fingerprint density at radius 2 is 2.05 bits per heavy atom. The van der Waals surface area contributed by atoms with Crippen LogP contribution < -0.4 is 10.5 Å². The lowest BCUT2D eigenvalue weighted by Crippen LogP contribution is -2.15. The zero-order valence-corrected chi connectivity index (χ0v) is 11.3. The average Bonchev–Trinajstić information content (AvgIpc) is 2.37. The van der Waals surface area contributed by atoms with Crippen LogP contribution in [-0.4, -0.2) is 24.4 Å². The quantitative estimate of drug-likeness (QED) is 0.774. The molecule has 1 heterocycles. The normalized spacial score (nSPS) is 11.1. The molecule has 0 aliphatic carbocycles. The lowest BCUT2D eigenvalue weighted by Gasteiger charge is -2.08. The van der Waals surface area contributed by atoms with Crippen molar-refractivity contribution >= 4 is 21.6 Å². The van der Waals surface area contributed by atoms with Gasteiger partial charge in [0.15, 0.2) is 0 Å². The molecule has 0 spiro atoms. The van der Waals surface area contributed by atoms with Gasteiger partial charge in [-0.2, -0.15) is 0 Å². The summed E-state index contributed by atoms with van der Waals surface area (Å²) in [6.07, 6.45) is 2.35. The van der Waals surface area contributed by atoms with Crippen molar-refractivity contribution in [3.8, 4) is 5.75 Å². The molecule has 0 aliphatic rings. The first-order chi connectivity index (χ1) is 9.77. The number of carbonyl (C=O) groups excluding carboxylic acids is 1. The first-order valence-electron chi connectivity index (χ1n) is 5.55. The number of rotatable bonds is 3. The number of hydrogen-bond acceptors (Lipinski definition) is 5. The molecular weight excluding hydrogens is 301 g/mol. The number of aromatic hydroxyl groups is 1. The van der Waals surface area contributed by atoms with Gasteiger partial charge in [-0.3, -0.25) is 9.78 Å². The number of primary sulfonamides is 1. The van der Waals surface area contributed by atoms with Crippen molar-refractivity contribution in [1.29, 1.82) is 0 Å². The van der Waals surface area contributed by atoms with E-state index in [-0.39, 0.29) is 17.0 Å². The van der Waals surface area contributed by atoms with Gasteiger partial charge in [0.2, 0.25) is 10.0 Å². The van der Waals surface area contributed by atoms with Crippen molar-refractivity contribution in [3.63, 3.8) is 0 Å². The number of sulfonamides is 1. The second-order valence-corrected chi connectivity index (χ2v) is 5.63. The maximum absolute atomic E-state index is 13.4. The van der Waals surface area contributed by atoms with Gasteiger partial charge < -0.3 is 10.4 Å². The van der Waals surface area contributed by atoms with Crippen LogP contribution in [0.2, 0.25) is 0 Å². The molecule has 2 rings (SSSR count). The molecule has 0 radical (unpaired) electrons. The number of nitrogens with two attached hydrogens (primary N) is 1. The minimum absolute atomic E-state index is 0.0913. The standard InChI is InChI=1S/C12H10FN3O4S/c13-7-3-8(5-9(4-7)21(14,19)20)16-12(18)10-1-2-15-6-11(10)17/h1-6,17H,(H,16,18)(H2,14,19,20). The smallest absolute Gasteiger partial charge is 0.259 e. The first kappa shape index (κ1) is 14.9. The third kappa shape index (κ3) is 3.52. The van der Waals surface area contributed by atoms with Gasteiger partial charge in [0, 0.05) is 11.9 Å². The minimum atomic E-state index is -4.11. The number of pyridine rings is 1. The van der Waals surface area contributed by atoms with Crippen LogP contribution in [-0.2, 0) is 10.0 Å². The Labute approximate surface area is 119 Å². The Bertz CT molecular complexity index is 808. The molecule has 1 amide bonds. The van der Waals surface area contributed by atoms with Gasteiger partial charge in [-0.15, -0.1) is 0 Å². The summed E-state index contributed by atoms with van der Waals surface area (Å²) in [5.41, 5.74) is -0.202. The van der Waals surface area contributed by atoms with Gasteiger partial charge in [-0.25, -0.2) is 17.9 Å². The molecule has 0 atom stereocenters. The van der Waals surface area contributed by atoms with Crippen molar-refractivity contribution < 1.29 is 22.7 Å². The Hall–Kier alpha value is -2.52. The Morgan fingerprint density at radius 1 is 1.33 bits per heavy atom. The SMILES string of the molecule is NS(=O)(=O)c1cc(F)cc(NC(=O)c2ccncc2O)c1. The maximum atomic E-state index is 13.4. The van der Waals surface area contributed by atoms with E-state index < -0.39 is 26.6 Å². The van der Waals surface area contributed by atoms with E-state index >= 15 is 0 Å². The highest BCUT2D eigenvalue weighted by molar-refractivity contribution is 7.89. The summed E-state index contributed by atoms with van der Waals surface area (Å²) in [6.45, 7) is 0. The molecule has 110 valence electrons. The van der Waals surface area contributed by atoms with E-state index in [9.17, 15) is 22.7 Å². The lowest BCUT2D eigenvalue weighted by molar-refractivity contribution is 0.102.